The van der Waals surface area contributed by atoms with Crippen LogP contribution in [-0.4, -0.2) is 19.4 Å². The van der Waals surface area contributed by atoms with Gasteiger partial charge >= 0.3 is 0 Å². The first kappa shape index (κ1) is 15.3. The molecule has 1 atom stereocenters. The highest BCUT2D eigenvalue weighted by molar-refractivity contribution is 5.60. The van der Waals surface area contributed by atoms with E-state index in [1.165, 1.54) is 12.3 Å². The molecular formula is C19H16FN5. The first-order valence-electron chi connectivity index (χ1n) is 7.97. The van der Waals surface area contributed by atoms with Gasteiger partial charge in [0.05, 0.1) is 24.3 Å². The van der Waals surface area contributed by atoms with Crippen LogP contribution in [0.5, 0.6) is 0 Å². The van der Waals surface area contributed by atoms with Crippen LogP contribution in [0.25, 0.3) is 17.0 Å². The number of fused-ring (bicyclic) bond motifs is 1. The Morgan fingerprint density at radius 3 is 2.72 bits per heavy atom. The van der Waals surface area contributed by atoms with Crippen molar-refractivity contribution in [2.75, 3.05) is 5.32 Å². The smallest absolute Gasteiger partial charge is 0.145 e. The normalized spacial score (nSPS) is 12.2. The van der Waals surface area contributed by atoms with Crippen molar-refractivity contribution in [1.82, 2.24) is 19.4 Å². The summed E-state index contributed by atoms with van der Waals surface area (Å²) in [4.78, 5) is 13.1. The number of hydrogen-bond acceptors (Lipinski definition) is 4. The molecule has 0 amide bonds. The number of halogens is 1. The number of aromatic nitrogens is 4. The van der Waals surface area contributed by atoms with Gasteiger partial charge in [0.1, 0.15) is 23.0 Å². The van der Waals surface area contributed by atoms with E-state index in [4.69, 9.17) is 0 Å². The Balaban J connectivity index is 1.66. The zero-order chi connectivity index (χ0) is 17.2. The lowest BCUT2D eigenvalue weighted by molar-refractivity contribution is 0.619. The Kier molecular flexibility index (Phi) is 3.85. The minimum Gasteiger partial charge on any atom is -0.362 e. The Morgan fingerprint density at radius 1 is 1.04 bits per heavy atom. The molecule has 4 rings (SSSR count). The van der Waals surface area contributed by atoms with Crippen molar-refractivity contribution in [2.45, 2.75) is 13.0 Å². The van der Waals surface area contributed by atoms with Gasteiger partial charge in [-0.05, 0) is 24.6 Å². The van der Waals surface area contributed by atoms with Gasteiger partial charge in [-0.2, -0.15) is 0 Å². The molecule has 0 unspecified atom stereocenters. The van der Waals surface area contributed by atoms with E-state index in [-0.39, 0.29) is 11.9 Å². The van der Waals surface area contributed by atoms with Gasteiger partial charge in [0.15, 0.2) is 0 Å². The molecule has 5 nitrogen and oxygen atoms in total. The largest absolute Gasteiger partial charge is 0.362 e. The summed E-state index contributed by atoms with van der Waals surface area (Å²) in [7, 11) is 0. The minimum absolute atomic E-state index is 0.0883. The quantitative estimate of drug-likeness (QED) is 0.611. The second-order valence-electron chi connectivity index (χ2n) is 5.79. The summed E-state index contributed by atoms with van der Waals surface area (Å²) in [5, 5.41) is 3.34. The van der Waals surface area contributed by atoms with Crippen LogP contribution in [0, 0.1) is 5.82 Å². The van der Waals surface area contributed by atoms with Crippen molar-refractivity contribution in [1.29, 1.82) is 0 Å². The third-order valence-corrected chi connectivity index (χ3v) is 4.03. The molecule has 6 heteroatoms. The molecule has 1 N–H and O–H groups in total. The number of pyridine rings is 1. The molecule has 0 aliphatic rings. The molecule has 0 aliphatic carbocycles. The summed E-state index contributed by atoms with van der Waals surface area (Å²) in [5.41, 5.74) is 3.14. The van der Waals surface area contributed by atoms with Crippen molar-refractivity contribution in [3.8, 4) is 11.4 Å². The van der Waals surface area contributed by atoms with Crippen molar-refractivity contribution in [3.63, 3.8) is 0 Å². The molecule has 25 heavy (non-hydrogen) atoms. The lowest BCUT2D eigenvalue weighted by Crippen LogP contribution is -2.08. The van der Waals surface area contributed by atoms with Gasteiger partial charge < -0.3 is 5.32 Å². The zero-order valence-electron chi connectivity index (χ0n) is 13.6. The van der Waals surface area contributed by atoms with Crippen molar-refractivity contribution in [2.24, 2.45) is 0 Å². The second kappa shape index (κ2) is 6.32. The first-order valence-corrected chi connectivity index (χ1v) is 7.97. The lowest BCUT2D eigenvalue weighted by Gasteiger charge is -2.15. The average molecular weight is 333 g/mol. The van der Waals surface area contributed by atoms with E-state index in [1.54, 1.807) is 29.1 Å². The molecule has 1 aromatic carbocycles. The van der Waals surface area contributed by atoms with E-state index < -0.39 is 0 Å². The Bertz CT molecular complexity index is 1010. The summed E-state index contributed by atoms with van der Waals surface area (Å²) in [6.45, 7) is 2.06. The van der Waals surface area contributed by atoms with Crippen LogP contribution in [0.3, 0.4) is 0 Å². The fourth-order valence-corrected chi connectivity index (χ4v) is 2.75. The molecule has 0 saturated heterocycles. The zero-order valence-corrected chi connectivity index (χ0v) is 13.6. The Labute approximate surface area is 144 Å². The Hall–Kier alpha value is -3.28. The fourth-order valence-electron chi connectivity index (χ4n) is 2.75. The molecule has 0 fully saturated rings. The number of nitrogens with one attached hydrogen (secondary N) is 1. The number of anilines is 1. The van der Waals surface area contributed by atoms with E-state index in [9.17, 15) is 4.39 Å². The van der Waals surface area contributed by atoms with Crippen LogP contribution in [0.15, 0.2) is 67.3 Å². The van der Waals surface area contributed by atoms with Gasteiger partial charge in [-0.1, -0.05) is 30.3 Å². The molecule has 3 heterocycles. The van der Waals surface area contributed by atoms with Crippen LogP contribution in [0.4, 0.5) is 10.2 Å². The van der Waals surface area contributed by atoms with E-state index in [2.05, 4.69) is 39.3 Å². The highest BCUT2D eigenvalue weighted by Gasteiger charge is 2.11. The summed E-state index contributed by atoms with van der Waals surface area (Å²) >= 11 is 0. The molecule has 0 saturated carbocycles. The minimum atomic E-state index is -0.327. The van der Waals surface area contributed by atoms with Crippen LogP contribution in [0.2, 0.25) is 0 Å². The molecule has 0 spiro atoms. The van der Waals surface area contributed by atoms with E-state index in [0.717, 1.165) is 5.56 Å². The van der Waals surface area contributed by atoms with Crippen molar-refractivity contribution < 1.29 is 4.39 Å². The van der Waals surface area contributed by atoms with Gasteiger partial charge in [0.25, 0.3) is 0 Å². The predicted octanol–water partition coefficient (Wildman–Crippen LogP) is 4.10. The maximum Gasteiger partial charge on any atom is 0.145 e. The van der Waals surface area contributed by atoms with Gasteiger partial charge in [0, 0.05) is 12.2 Å². The van der Waals surface area contributed by atoms with Crippen molar-refractivity contribution in [3.05, 3.63) is 78.6 Å². The lowest BCUT2D eigenvalue weighted by atomic mass is 10.1. The third-order valence-electron chi connectivity index (χ3n) is 4.03. The Morgan fingerprint density at radius 2 is 1.88 bits per heavy atom. The molecule has 4 aromatic rings. The SMILES string of the molecule is C[C@H](Nc1cncc(-c2cnc3ccc(F)cn23)n1)c1ccccc1. The maximum atomic E-state index is 13.6. The average Bonchev–Trinajstić information content (AvgIpc) is 3.05. The maximum absolute atomic E-state index is 13.6. The van der Waals surface area contributed by atoms with Crippen LogP contribution in [-0.2, 0) is 0 Å². The molecule has 0 radical (unpaired) electrons. The van der Waals surface area contributed by atoms with Gasteiger partial charge in [-0.3, -0.25) is 9.38 Å². The standard InChI is InChI=1S/C19H16FN5/c1-13(14-5-3-2-4-6-14)23-18-11-21-9-16(24-18)17-10-22-19-8-7-15(20)12-25(17)19/h2-13H,1H3,(H,23,24)/t13-/m0/s1. The van der Waals surface area contributed by atoms with Crippen LogP contribution >= 0.6 is 0 Å². The molecule has 0 aliphatic heterocycles. The summed E-state index contributed by atoms with van der Waals surface area (Å²) < 4.78 is 15.2. The summed E-state index contributed by atoms with van der Waals surface area (Å²) in [5.74, 6) is 0.326. The third kappa shape index (κ3) is 3.06. The van der Waals surface area contributed by atoms with Gasteiger partial charge in [0.2, 0.25) is 0 Å². The number of nitrogens with zero attached hydrogens (tertiary/aromatic N) is 4. The fraction of sp³-hybridized carbons (Fsp3) is 0.105. The summed E-state index contributed by atoms with van der Waals surface area (Å²) in [6.07, 6.45) is 6.38. The molecule has 3 aromatic heterocycles. The van der Waals surface area contributed by atoms with E-state index in [1.807, 2.05) is 18.2 Å². The van der Waals surface area contributed by atoms with Gasteiger partial charge in [-0.25, -0.2) is 14.4 Å². The topological polar surface area (TPSA) is 55.1 Å². The predicted molar refractivity (Wildman–Crippen MR) is 94.7 cm³/mol. The highest BCUT2D eigenvalue weighted by Crippen LogP contribution is 2.22. The van der Waals surface area contributed by atoms with Gasteiger partial charge in [-0.15, -0.1) is 0 Å². The first-order chi connectivity index (χ1) is 12.2. The molecular weight excluding hydrogens is 317 g/mol. The van der Waals surface area contributed by atoms with Crippen LogP contribution < -0.4 is 5.32 Å². The highest BCUT2D eigenvalue weighted by atomic mass is 19.1. The number of rotatable bonds is 4. The van der Waals surface area contributed by atoms with Crippen LogP contribution in [0.1, 0.15) is 18.5 Å². The van der Waals surface area contributed by atoms with E-state index >= 15 is 0 Å². The monoisotopic (exact) mass is 333 g/mol. The summed E-state index contributed by atoms with van der Waals surface area (Å²) in [6, 6.07) is 13.2. The molecule has 0 bridgehead atoms. The molecule has 124 valence electrons. The van der Waals surface area contributed by atoms with E-state index in [0.29, 0.717) is 22.9 Å². The number of imidazole rings is 1. The second-order valence-corrected chi connectivity index (χ2v) is 5.79. The van der Waals surface area contributed by atoms with Crippen molar-refractivity contribution >= 4 is 11.5 Å². The number of hydrogen-bond donors (Lipinski definition) is 1. The number of benzene rings is 1.